The molecule has 1 aliphatic rings. The van der Waals surface area contributed by atoms with Gasteiger partial charge < -0.3 is 10.6 Å². The first-order valence-corrected chi connectivity index (χ1v) is 8.74. The number of piperazine rings is 1. The predicted molar refractivity (Wildman–Crippen MR) is 97.8 cm³/mol. The van der Waals surface area contributed by atoms with Crippen molar-refractivity contribution in [1.29, 1.82) is 0 Å². The van der Waals surface area contributed by atoms with Crippen LogP contribution in [0.4, 0.5) is 10.1 Å². The Morgan fingerprint density at radius 1 is 0.958 bits per heavy atom. The Hall–Kier alpha value is -1.91. The normalized spacial score (nSPS) is 17.0. The molecule has 24 heavy (non-hydrogen) atoms. The first kappa shape index (κ1) is 16.9. The van der Waals surface area contributed by atoms with E-state index >= 15 is 0 Å². The first-order chi connectivity index (χ1) is 11.7. The zero-order chi connectivity index (χ0) is 16.9. The molecule has 2 aromatic carbocycles. The molecule has 3 rings (SSSR count). The second-order valence-electron chi connectivity index (χ2n) is 6.35. The van der Waals surface area contributed by atoms with Crippen LogP contribution in [0.1, 0.15) is 24.1 Å². The number of aryl methyl sites for hydroxylation is 1. The van der Waals surface area contributed by atoms with E-state index < -0.39 is 0 Å². The van der Waals surface area contributed by atoms with E-state index in [4.69, 9.17) is 5.73 Å². The molecule has 4 heteroatoms. The van der Waals surface area contributed by atoms with Crippen LogP contribution in [-0.4, -0.2) is 37.6 Å². The van der Waals surface area contributed by atoms with Gasteiger partial charge in [-0.15, -0.1) is 0 Å². The second kappa shape index (κ2) is 7.77. The average molecular weight is 327 g/mol. The van der Waals surface area contributed by atoms with E-state index in [2.05, 4.69) is 41.0 Å². The van der Waals surface area contributed by atoms with Crippen LogP contribution in [0.5, 0.6) is 0 Å². The zero-order valence-electron chi connectivity index (χ0n) is 14.3. The molecule has 2 N–H and O–H groups in total. The molecule has 0 spiro atoms. The summed E-state index contributed by atoms with van der Waals surface area (Å²) in [6.07, 6.45) is 1.06. The molecule has 0 radical (unpaired) electrons. The van der Waals surface area contributed by atoms with Gasteiger partial charge in [-0.05, 0) is 41.8 Å². The molecule has 0 amide bonds. The lowest BCUT2D eigenvalue weighted by molar-refractivity contribution is 0.190. The quantitative estimate of drug-likeness (QED) is 0.915. The molecular formula is C20H26FN3. The van der Waals surface area contributed by atoms with E-state index in [0.29, 0.717) is 6.54 Å². The number of benzene rings is 2. The molecule has 0 aliphatic carbocycles. The fourth-order valence-corrected chi connectivity index (χ4v) is 3.42. The highest BCUT2D eigenvalue weighted by atomic mass is 19.1. The molecule has 0 bridgehead atoms. The van der Waals surface area contributed by atoms with E-state index in [-0.39, 0.29) is 11.9 Å². The summed E-state index contributed by atoms with van der Waals surface area (Å²) in [5, 5.41) is 0. The molecule has 1 unspecified atom stereocenters. The van der Waals surface area contributed by atoms with Crippen LogP contribution >= 0.6 is 0 Å². The third kappa shape index (κ3) is 3.77. The Balaban J connectivity index is 1.64. The van der Waals surface area contributed by atoms with Gasteiger partial charge in [-0.1, -0.05) is 31.2 Å². The minimum atomic E-state index is -0.184. The van der Waals surface area contributed by atoms with Crippen molar-refractivity contribution >= 4 is 5.69 Å². The fraction of sp³-hybridized carbons (Fsp3) is 0.400. The van der Waals surface area contributed by atoms with Crippen LogP contribution in [0.2, 0.25) is 0 Å². The molecule has 3 nitrogen and oxygen atoms in total. The van der Waals surface area contributed by atoms with Crippen molar-refractivity contribution in [3.8, 4) is 0 Å². The van der Waals surface area contributed by atoms with E-state index in [0.717, 1.165) is 38.3 Å². The van der Waals surface area contributed by atoms with Crippen LogP contribution in [0.15, 0.2) is 48.5 Å². The zero-order valence-corrected chi connectivity index (χ0v) is 14.3. The number of rotatable bonds is 5. The number of halogens is 1. The van der Waals surface area contributed by atoms with Crippen LogP contribution in [0.3, 0.4) is 0 Å². The van der Waals surface area contributed by atoms with Gasteiger partial charge in [0.05, 0.1) is 0 Å². The summed E-state index contributed by atoms with van der Waals surface area (Å²) < 4.78 is 13.1. The third-order valence-corrected chi connectivity index (χ3v) is 4.94. The van der Waals surface area contributed by atoms with Gasteiger partial charge in [-0.3, -0.25) is 4.90 Å². The Labute approximate surface area is 143 Å². The van der Waals surface area contributed by atoms with Crippen LogP contribution in [-0.2, 0) is 6.42 Å². The standard InChI is InChI=1S/C20H26FN3/c1-2-16-3-5-17(6-4-16)20(15-22)24-13-11-23(12-14-24)19-9-7-18(21)8-10-19/h3-10,20H,2,11-15,22H2,1H3. The third-order valence-electron chi connectivity index (χ3n) is 4.94. The van der Waals surface area contributed by atoms with Crippen molar-refractivity contribution in [2.75, 3.05) is 37.6 Å². The Bertz CT molecular complexity index is 631. The largest absolute Gasteiger partial charge is 0.369 e. The van der Waals surface area contributed by atoms with Crippen molar-refractivity contribution in [2.45, 2.75) is 19.4 Å². The van der Waals surface area contributed by atoms with Crippen molar-refractivity contribution in [2.24, 2.45) is 5.73 Å². The number of anilines is 1. The Morgan fingerprint density at radius 2 is 1.58 bits per heavy atom. The molecule has 0 saturated carbocycles. The summed E-state index contributed by atoms with van der Waals surface area (Å²) in [6, 6.07) is 15.9. The molecule has 1 aliphatic heterocycles. The summed E-state index contributed by atoms with van der Waals surface area (Å²) in [4.78, 5) is 4.77. The van der Waals surface area contributed by atoms with Crippen molar-refractivity contribution in [3.63, 3.8) is 0 Å². The monoisotopic (exact) mass is 327 g/mol. The van der Waals surface area contributed by atoms with Crippen LogP contribution in [0, 0.1) is 5.82 Å². The van der Waals surface area contributed by atoms with Crippen molar-refractivity contribution < 1.29 is 4.39 Å². The predicted octanol–water partition coefficient (Wildman–Crippen LogP) is 3.21. The minimum absolute atomic E-state index is 0.184. The molecule has 128 valence electrons. The van der Waals surface area contributed by atoms with Gasteiger partial charge >= 0.3 is 0 Å². The summed E-state index contributed by atoms with van der Waals surface area (Å²) in [5.74, 6) is -0.184. The van der Waals surface area contributed by atoms with Gasteiger partial charge in [0.1, 0.15) is 5.82 Å². The van der Waals surface area contributed by atoms with Gasteiger partial charge in [0.25, 0.3) is 0 Å². The topological polar surface area (TPSA) is 32.5 Å². The van der Waals surface area contributed by atoms with E-state index in [9.17, 15) is 4.39 Å². The minimum Gasteiger partial charge on any atom is -0.369 e. The van der Waals surface area contributed by atoms with Gasteiger partial charge in [0.15, 0.2) is 0 Å². The Kier molecular flexibility index (Phi) is 5.48. The average Bonchev–Trinajstić information content (AvgIpc) is 2.64. The van der Waals surface area contributed by atoms with Gasteiger partial charge in [-0.25, -0.2) is 4.39 Å². The highest BCUT2D eigenvalue weighted by molar-refractivity contribution is 5.46. The molecule has 1 fully saturated rings. The summed E-state index contributed by atoms with van der Waals surface area (Å²) in [7, 11) is 0. The number of hydrogen-bond acceptors (Lipinski definition) is 3. The van der Waals surface area contributed by atoms with Crippen molar-refractivity contribution in [1.82, 2.24) is 4.90 Å². The maximum absolute atomic E-state index is 13.1. The molecular weight excluding hydrogens is 301 g/mol. The maximum Gasteiger partial charge on any atom is 0.123 e. The number of nitrogens with two attached hydrogens (primary N) is 1. The molecule has 1 saturated heterocycles. The first-order valence-electron chi connectivity index (χ1n) is 8.74. The maximum atomic E-state index is 13.1. The van der Waals surface area contributed by atoms with Crippen LogP contribution in [0.25, 0.3) is 0 Å². The summed E-state index contributed by atoms with van der Waals surface area (Å²) in [6.45, 7) is 6.61. The van der Waals surface area contributed by atoms with E-state index in [1.54, 1.807) is 0 Å². The lowest BCUT2D eigenvalue weighted by Gasteiger charge is -2.40. The highest BCUT2D eigenvalue weighted by Gasteiger charge is 2.24. The molecule has 2 aromatic rings. The molecule has 0 aromatic heterocycles. The smallest absolute Gasteiger partial charge is 0.123 e. The highest BCUT2D eigenvalue weighted by Crippen LogP contribution is 2.24. The van der Waals surface area contributed by atoms with Gasteiger partial charge in [-0.2, -0.15) is 0 Å². The Morgan fingerprint density at radius 3 is 2.12 bits per heavy atom. The fourth-order valence-electron chi connectivity index (χ4n) is 3.42. The van der Waals surface area contributed by atoms with Gasteiger partial charge in [0.2, 0.25) is 0 Å². The second-order valence-corrected chi connectivity index (χ2v) is 6.35. The molecule has 1 heterocycles. The number of hydrogen-bond donors (Lipinski definition) is 1. The van der Waals surface area contributed by atoms with Crippen LogP contribution < -0.4 is 10.6 Å². The SMILES string of the molecule is CCc1ccc(C(CN)N2CCN(c3ccc(F)cc3)CC2)cc1. The summed E-state index contributed by atoms with van der Waals surface area (Å²) >= 11 is 0. The van der Waals surface area contributed by atoms with Gasteiger partial charge in [0, 0.05) is 44.5 Å². The summed E-state index contributed by atoms with van der Waals surface area (Å²) in [5.41, 5.74) is 9.82. The van der Waals surface area contributed by atoms with Crippen molar-refractivity contribution in [3.05, 3.63) is 65.5 Å². The van der Waals surface area contributed by atoms with E-state index in [1.165, 1.54) is 23.3 Å². The van der Waals surface area contributed by atoms with E-state index in [1.807, 2.05) is 12.1 Å². The number of nitrogens with zero attached hydrogens (tertiary/aromatic N) is 2. The molecule has 1 atom stereocenters. The lowest BCUT2D eigenvalue weighted by atomic mass is 10.0. The lowest BCUT2D eigenvalue weighted by Crippen LogP contribution is -2.49.